The van der Waals surface area contributed by atoms with Crippen LogP contribution in [0, 0.1) is 12.8 Å². The highest BCUT2D eigenvalue weighted by Gasteiger charge is 2.30. The second kappa shape index (κ2) is 5.40. The lowest BCUT2D eigenvalue weighted by molar-refractivity contribution is -0.117. The van der Waals surface area contributed by atoms with Gasteiger partial charge in [-0.2, -0.15) is 0 Å². The molecule has 0 radical (unpaired) electrons. The third kappa shape index (κ3) is 2.61. The summed E-state index contributed by atoms with van der Waals surface area (Å²) in [6, 6.07) is 5.38. The minimum Gasteiger partial charge on any atom is -0.465 e. The fourth-order valence-corrected chi connectivity index (χ4v) is 2.30. The largest absolute Gasteiger partial charge is 0.465 e. The number of carbonyl (C=O) groups excluding carboxylic acids is 2. The van der Waals surface area contributed by atoms with Gasteiger partial charge in [-0.1, -0.05) is 6.07 Å². The predicted molar refractivity (Wildman–Crippen MR) is 72.0 cm³/mol. The number of amides is 1. The Bertz CT molecular complexity index is 513. The first-order valence-corrected chi connectivity index (χ1v) is 6.26. The van der Waals surface area contributed by atoms with Gasteiger partial charge in [-0.05, 0) is 37.1 Å². The maximum absolute atomic E-state index is 11.9. The summed E-state index contributed by atoms with van der Waals surface area (Å²) in [7, 11) is 1.35. The number of anilines is 1. The van der Waals surface area contributed by atoms with E-state index < -0.39 is 0 Å². The van der Waals surface area contributed by atoms with Crippen LogP contribution in [0.3, 0.4) is 0 Å². The number of hydrogen-bond donors (Lipinski definition) is 1. The fraction of sp³-hybridized carbons (Fsp3) is 0.429. The van der Waals surface area contributed by atoms with Crippen LogP contribution in [0.1, 0.15) is 22.3 Å². The lowest BCUT2D eigenvalue weighted by Gasteiger charge is -2.18. The molecule has 1 aliphatic rings. The van der Waals surface area contributed by atoms with Crippen molar-refractivity contribution >= 4 is 17.6 Å². The number of carbonyl (C=O) groups is 2. The van der Waals surface area contributed by atoms with E-state index in [0.29, 0.717) is 25.1 Å². The molecule has 0 bridgehead atoms. The van der Waals surface area contributed by atoms with Gasteiger partial charge in [0.2, 0.25) is 5.91 Å². The molecule has 1 amide bonds. The highest BCUT2D eigenvalue weighted by atomic mass is 16.5. The van der Waals surface area contributed by atoms with Crippen LogP contribution in [0.5, 0.6) is 0 Å². The summed E-state index contributed by atoms with van der Waals surface area (Å²) in [5, 5.41) is 0. The lowest BCUT2D eigenvalue weighted by Crippen LogP contribution is -2.26. The molecule has 1 heterocycles. The summed E-state index contributed by atoms with van der Waals surface area (Å²) >= 11 is 0. The molecule has 0 saturated carbocycles. The first kappa shape index (κ1) is 13.5. The zero-order valence-corrected chi connectivity index (χ0v) is 11.2. The second-order valence-corrected chi connectivity index (χ2v) is 4.80. The quantitative estimate of drug-likeness (QED) is 0.828. The Morgan fingerprint density at radius 2 is 2.26 bits per heavy atom. The Kier molecular flexibility index (Phi) is 3.85. The molecular formula is C14H18N2O3. The molecule has 0 aliphatic carbocycles. The molecule has 5 heteroatoms. The van der Waals surface area contributed by atoms with Crippen molar-refractivity contribution < 1.29 is 14.3 Å². The van der Waals surface area contributed by atoms with E-state index in [1.807, 2.05) is 19.1 Å². The first-order valence-electron chi connectivity index (χ1n) is 6.26. The Morgan fingerprint density at radius 1 is 1.53 bits per heavy atom. The molecule has 5 nitrogen and oxygen atoms in total. The fourth-order valence-electron chi connectivity index (χ4n) is 2.30. The molecule has 19 heavy (non-hydrogen) atoms. The van der Waals surface area contributed by atoms with E-state index in [1.54, 1.807) is 11.0 Å². The predicted octanol–water partition coefficient (Wildman–Crippen LogP) is 1.09. The van der Waals surface area contributed by atoms with Crippen molar-refractivity contribution in [1.29, 1.82) is 0 Å². The summed E-state index contributed by atoms with van der Waals surface area (Å²) in [6.07, 6.45) is 0.470. The second-order valence-electron chi connectivity index (χ2n) is 4.80. The molecule has 1 aromatic rings. The Labute approximate surface area is 112 Å². The molecule has 2 N–H and O–H groups in total. The van der Waals surface area contributed by atoms with Crippen molar-refractivity contribution in [2.45, 2.75) is 13.3 Å². The molecule has 1 saturated heterocycles. The molecule has 1 fully saturated rings. The molecular weight excluding hydrogens is 244 g/mol. The van der Waals surface area contributed by atoms with E-state index in [0.717, 1.165) is 11.3 Å². The third-order valence-corrected chi connectivity index (χ3v) is 3.48. The number of benzene rings is 1. The molecule has 1 aliphatic heterocycles. The normalized spacial score (nSPS) is 18.8. The van der Waals surface area contributed by atoms with Crippen molar-refractivity contribution in [1.82, 2.24) is 0 Å². The molecule has 0 spiro atoms. The Hall–Kier alpha value is -1.88. The average Bonchev–Trinajstić information content (AvgIpc) is 2.80. The standard InChI is InChI=1S/C14H18N2O3/c1-9-3-4-11(6-12(9)14(18)19-2)16-8-10(7-15)5-13(16)17/h3-4,6,10H,5,7-8,15H2,1-2H3. The van der Waals surface area contributed by atoms with Crippen LogP contribution in [-0.4, -0.2) is 32.1 Å². The molecule has 2 rings (SSSR count). The number of hydrogen-bond acceptors (Lipinski definition) is 4. The van der Waals surface area contributed by atoms with Crippen LogP contribution < -0.4 is 10.6 Å². The average molecular weight is 262 g/mol. The lowest BCUT2D eigenvalue weighted by atomic mass is 10.1. The van der Waals surface area contributed by atoms with Crippen LogP contribution >= 0.6 is 0 Å². The van der Waals surface area contributed by atoms with Gasteiger partial charge in [-0.15, -0.1) is 0 Å². The summed E-state index contributed by atoms with van der Waals surface area (Å²) in [5.41, 5.74) is 7.66. The highest BCUT2D eigenvalue weighted by Crippen LogP contribution is 2.26. The van der Waals surface area contributed by atoms with Gasteiger partial charge in [-0.3, -0.25) is 4.79 Å². The van der Waals surface area contributed by atoms with Gasteiger partial charge in [-0.25, -0.2) is 4.79 Å². The molecule has 1 unspecified atom stereocenters. The number of rotatable bonds is 3. The number of methoxy groups -OCH3 is 1. The van der Waals surface area contributed by atoms with Crippen LogP contribution in [-0.2, 0) is 9.53 Å². The summed E-state index contributed by atoms with van der Waals surface area (Å²) in [4.78, 5) is 25.3. The summed E-state index contributed by atoms with van der Waals surface area (Å²) in [5.74, 6) is -0.146. The third-order valence-electron chi connectivity index (χ3n) is 3.48. The van der Waals surface area contributed by atoms with Crippen LogP contribution in [0.15, 0.2) is 18.2 Å². The number of ether oxygens (including phenoxy) is 1. The summed E-state index contributed by atoms with van der Waals surface area (Å²) < 4.78 is 4.74. The summed E-state index contributed by atoms with van der Waals surface area (Å²) in [6.45, 7) is 2.95. The van der Waals surface area contributed by atoms with Gasteiger partial charge in [0.25, 0.3) is 0 Å². The van der Waals surface area contributed by atoms with Crippen LogP contribution in [0.4, 0.5) is 5.69 Å². The van der Waals surface area contributed by atoms with E-state index >= 15 is 0 Å². The minimum absolute atomic E-state index is 0.0510. The zero-order chi connectivity index (χ0) is 14.0. The van der Waals surface area contributed by atoms with Gasteiger partial charge >= 0.3 is 5.97 Å². The van der Waals surface area contributed by atoms with Gasteiger partial charge < -0.3 is 15.4 Å². The van der Waals surface area contributed by atoms with Crippen LogP contribution in [0.2, 0.25) is 0 Å². The maximum Gasteiger partial charge on any atom is 0.338 e. The number of esters is 1. The SMILES string of the molecule is COC(=O)c1cc(N2CC(CN)CC2=O)ccc1C. The minimum atomic E-state index is -0.388. The van der Waals surface area contributed by atoms with E-state index in [2.05, 4.69) is 0 Å². The van der Waals surface area contributed by atoms with Crippen molar-refractivity contribution in [3.63, 3.8) is 0 Å². The highest BCUT2D eigenvalue weighted by molar-refractivity contribution is 5.98. The van der Waals surface area contributed by atoms with Gasteiger partial charge in [0, 0.05) is 18.7 Å². The van der Waals surface area contributed by atoms with Gasteiger partial charge in [0.05, 0.1) is 12.7 Å². The first-order chi connectivity index (χ1) is 9.06. The van der Waals surface area contributed by atoms with Gasteiger partial charge in [0.1, 0.15) is 0 Å². The van der Waals surface area contributed by atoms with Crippen molar-refractivity contribution in [3.8, 4) is 0 Å². The van der Waals surface area contributed by atoms with Gasteiger partial charge in [0.15, 0.2) is 0 Å². The molecule has 1 atom stereocenters. The molecule has 1 aromatic carbocycles. The number of aryl methyl sites for hydroxylation is 1. The molecule has 102 valence electrons. The van der Waals surface area contributed by atoms with E-state index in [4.69, 9.17) is 10.5 Å². The van der Waals surface area contributed by atoms with Crippen molar-refractivity contribution in [3.05, 3.63) is 29.3 Å². The Morgan fingerprint density at radius 3 is 2.84 bits per heavy atom. The Balaban J connectivity index is 2.31. The van der Waals surface area contributed by atoms with E-state index in [-0.39, 0.29) is 17.8 Å². The van der Waals surface area contributed by atoms with E-state index in [9.17, 15) is 9.59 Å². The zero-order valence-electron chi connectivity index (χ0n) is 11.2. The monoisotopic (exact) mass is 262 g/mol. The maximum atomic E-state index is 11.9. The van der Waals surface area contributed by atoms with Crippen LogP contribution in [0.25, 0.3) is 0 Å². The van der Waals surface area contributed by atoms with Crippen molar-refractivity contribution in [2.75, 3.05) is 25.1 Å². The topological polar surface area (TPSA) is 72.6 Å². The number of nitrogens with zero attached hydrogens (tertiary/aromatic N) is 1. The number of nitrogens with two attached hydrogens (primary N) is 1. The smallest absolute Gasteiger partial charge is 0.338 e. The molecule has 0 aromatic heterocycles. The van der Waals surface area contributed by atoms with Crippen molar-refractivity contribution in [2.24, 2.45) is 11.7 Å². The van der Waals surface area contributed by atoms with E-state index in [1.165, 1.54) is 7.11 Å².